The van der Waals surface area contributed by atoms with Crippen LogP contribution in [0.5, 0.6) is 0 Å². The number of carbonyl (C=O) groups is 2. The van der Waals surface area contributed by atoms with Gasteiger partial charge in [0.2, 0.25) is 0 Å². The van der Waals surface area contributed by atoms with Gasteiger partial charge in [0.1, 0.15) is 0 Å². The van der Waals surface area contributed by atoms with Crippen molar-refractivity contribution in [1.29, 1.82) is 0 Å². The van der Waals surface area contributed by atoms with E-state index in [-0.39, 0.29) is 15.0 Å². The molecule has 1 fully saturated rings. The van der Waals surface area contributed by atoms with Gasteiger partial charge in [-0.15, -0.1) is 0 Å². The summed E-state index contributed by atoms with van der Waals surface area (Å²) < 4.78 is 4.08. The molecule has 1 atom stereocenters. The van der Waals surface area contributed by atoms with Crippen LogP contribution in [-0.2, 0) is 26.7 Å². The topological polar surface area (TPSA) is 43.4 Å². The molecule has 13 heavy (non-hydrogen) atoms. The van der Waals surface area contributed by atoms with Crippen LogP contribution in [0.15, 0.2) is 30.3 Å². The summed E-state index contributed by atoms with van der Waals surface area (Å²) in [5.41, 5.74) is 0.929. The van der Waals surface area contributed by atoms with Crippen LogP contribution < -0.4 is 0 Å². The van der Waals surface area contributed by atoms with Gasteiger partial charge in [-0.2, -0.15) is 0 Å². The van der Waals surface area contributed by atoms with Gasteiger partial charge in [-0.25, -0.2) is 0 Å². The minimum absolute atomic E-state index is 0.207. The molecule has 62 valence electrons. The van der Waals surface area contributed by atoms with Gasteiger partial charge in [0.05, 0.1) is 0 Å². The Morgan fingerprint density at radius 1 is 1.15 bits per heavy atom. The van der Waals surface area contributed by atoms with Gasteiger partial charge in [-0.1, -0.05) is 0 Å². The number of hydrogen-bond donors (Lipinski definition) is 0. The molecule has 4 heteroatoms. The molecule has 0 amide bonds. The van der Waals surface area contributed by atoms with Crippen LogP contribution in [0.3, 0.4) is 0 Å². The fourth-order valence-electron chi connectivity index (χ4n) is 1.41. The molecule has 1 aliphatic heterocycles. The first-order valence-corrected chi connectivity index (χ1v) is 7.26. The molecule has 0 spiro atoms. The molecule has 0 aromatic heterocycles. The third-order valence-corrected chi connectivity index (χ3v) is 5.62. The van der Waals surface area contributed by atoms with E-state index in [0.717, 1.165) is 5.56 Å². The third-order valence-electron chi connectivity index (χ3n) is 2.07. The monoisotopic (exact) mass is 226 g/mol. The second-order valence-corrected chi connectivity index (χ2v) is 6.74. The van der Waals surface area contributed by atoms with Crippen molar-refractivity contribution in [2.24, 2.45) is 0 Å². The van der Waals surface area contributed by atoms with Gasteiger partial charge in [-0.3, -0.25) is 0 Å². The second kappa shape index (κ2) is 3.38. The van der Waals surface area contributed by atoms with Crippen LogP contribution in [0.1, 0.15) is 10.1 Å². The van der Waals surface area contributed by atoms with Gasteiger partial charge >= 0.3 is 82.4 Å². The number of benzene rings is 1. The molecule has 1 aliphatic rings. The second-order valence-electron chi connectivity index (χ2n) is 2.96. The Morgan fingerprint density at radius 2 is 1.85 bits per heavy atom. The fraction of sp³-hybridized carbons (Fsp3) is 0.111. The zero-order chi connectivity index (χ0) is 9.26. The van der Waals surface area contributed by atoms with Crippen molar-refractivity contribution in [2.75, 3.05) is 0 Å². The first-order chi connectivity index (χ1) is 6.27. The Kier molecular flexibility index (Phi) is 2.23. The molecular formula is C9H6O3Zn. The van der Waals surface area contributed by atoms with Crippen molar-refractivity contribution in [3.8, 4) is 0 Å². The standard InChI is InChI=1S/C9H6O3.Zn/c10-7-12-9(11)6-8-4-2-1-3-5-8;/h1-6H;. The molecule has 0 bridgehead atoms. The van der Waals surface area contributed by atoms with Crippen LogP contribution in [0.25, 0.3) is 0 Å². The first kappa shape index (κ1) is 8.58. The van der Waals surface area contributed by atoms with Crippen molar-refractivity contribution >= 4 is 10.5 Å². The SMILES string of the molecule is O=[C]1OC(=O)[CH](c2ccccc2)[Zn]1. The summed E-state index contributed by atoms with van der Waals surface area (Å²) >= 11 is -1.51. The first-order valence-electron chi connectivity index (χ1n) is 4.07. The predicted molar refractivity (Wildman–Crippen MR) is 40.7 cm³/mol. The summed E-state index contributed by atoms with van der Waals surface area (Å²) in [6, 6.07) is 9.37. The van der Waals surface area contributed by atoms with E-state index < -0.39 is 17.1 Å². The maximum absolute atomic E-state index is 11.2. The normalized spacial score (nSPS) is 20.5. The summed E-state index contributed by atoms with van der Waals surface area (Å²) in [6.07, 6.45) is 0. The summed E-state index contributed by atoms with van der Waals surface area (Å²) in [6.45, 7) is 0. The summed E-state index contributed by atoms with van der Waals surface area (Å²) in [5, 5.41) is 0. The van der Waals surface area contributed by atoms with E-state index in [1.165, 1.54) is 0 Å². The number of cyclic esters (lactones) is 2. The molecule has 0 aliphatic carbocycles. The zero-order valence-corrected chi connectivity index (χ0v) is 9.86. The van der Waals surface area contributed by atoms with Gasteiger partial charge < -0.3 is 0 Å². The van der Waals surface area contributed by atoms with Crippen molar-refractivity contribution in [3.05, 3.63) is 35.9 Å². The minimum atomic E-state index is -1.51. The number of ether oxygens (including phenoxy) is 1. The Hall–Kier alpha value is -1.02. The molecule has 0 radical (unpaired) electrons. The van der Waals surface area contributed by atoms with E-state index in [1.807, 2.05) is 30.3 Å². The molecular weight excluding hydrogens is 221 g/mol. The van der Waals surface area contributed by atoms with Crippen LogP contribution >= 0.6 is 0 Å². The average Bonchev–Trinajstić information content (AvgIpc) is 2.47. The molecule has 1 aromatic rings. The predicted octanol–water partition coefficient (Wildman–Crippen LogP) is 1.49. The molecule has 0 N–H and O–H groups in total. The van der Waals surface area contributed by atoms with Crippen LogP contribution in [0.4, 0.5) is 4.79 Å². The van der Waals surface area contributed by atoms with Crippen molar-refractivity contribution in [2.45, 2.75) is 4.51 Å². The Bertz CT molecular complexity index is 347. The maximum atomic E-state index is 11.2. The zero-order valence-electron chi connectivity index (χ0n) is 6.90. The van der Waals surface area contributed by atoms with E-state index in [1.54, 1.807) is 0 Å². The Balaban J connectivity index is 2.28. The quantitative estimate of drug-likeness (QED) is 0.415. The number of carbonyl (C=O) groups excluding carboxylic acids is 2. The number of rotatable bonds is 1. The third kappa shape index (κ3) is 1.68. The summed E-state index contributed by atoms with van der Waals surface area (Å²) in [4.78, 5) is 22.1. The summed E-state index contributed by atoms with van der Waals surface area (Å²) in [5.74, 6) is -0.351. The molecule has 0 saturated carbocycles. The van der Waals surface area contributed by atoms with E-state index in [0.29, 0.717) is 0 Å². The van der Waals surface area contributed by atoms with Gasteiger partial charge in [0, 0.05) is 0 Å². The van der Waals surface area contributed by atoms with Crippen LogP contribution in [-0.4, -0.2) is 10.5 Å². The number of hydrogen-bond acceptors (Lipinski definition) is 3. The van der Waals surface area contributed by atoms with E-state index in [2.05, 4.69) is 4.74 Å². The van der Waals surface area contributed by atoms with Gasteiger partial charge in [-0.05, 0) is 0 Å². The van der Waals surface area contributed by atoms with E-state index in [9.17, 15) is 9.59 Å². The number of esters is 1. The van der Waals surface area contributed by atoms with Crippen LogP contribution in [0.2, 0.25) is 0 Å². The average molecular weight is 228 g/mol. The Morgan fingerprint density at radius 3 is 2.38 bits per heavy atom. The van der Waals surface area contributed by atoms with Gasteiger partial charge in [0.25, 0.3) is 0 Å². The molecule has 1 aromatic carbocycles. The molecule has 1 saturated heterocycles. The van der Waals surface area contributed by atoms with E-state index in [4.69, 9.17) is 0 Å². The summed E-state index contributed by atoms with van der Waals surface area (Å²) in [7, 11) is 0. The molecule has 1 unspecified atom stereocenters. The molecule has 2 rings (SSSR count). The van der Waals surface area contributed by atoms with Crippen molar-refractivity contribution < 1.29 is 31.5 Å². The van der Waals surface area contributed by atoms with Gasteiger partial charge in [0.15, 0.2) is 0 Å². The Labute approximate surface area is 82.7 Å². The fourth-order valence-corrected chi connectivity index (χ4v) is 4.18. The molecule has 1 heterocycles. The molecule has 3 nitrogen and oxygen atoms in total. The van der Waals surface area contributed by atoms with Crippen molar-refractivity contribution in [3.63, 3.8) is 0 Å². The van der Waals surface area contributed by atoms with Crippen molar-refractivity contribution in [1.82, 2.24) is 0 Å². The van der Waals surface area contributed by atoms with Crippen LogP contribution in [0, 0.1) is 0 Å². The van der Waals surface area contributed by atoms with E-state index >= 15 is 0 Å².